The molecule has 1 atom stereocenters. The summed E-state index contributed by atoms with van der Waals surface area (Å²) in [5.41, 5.74) is 0.269. The van der Waals surface area contributed by atoms with E-state index in [1.807, 2.05) is 6.92 Å². The number of hydrogen-bond acceptors (Lipinski definition) is 4. The summed E-state index contributed by atoms with van der Waals surface area (Å²) in [6.07, 6.45) is 4.02. The summed E-state index contributed by atoms with van der Waals surface area (Å²) < 4.78 is 0. The van der Waals surface area contributed by atoms with Gasteiger partial charge in [-0.2, -0.15) is 10.1 Å². The second-order valence-electron chi connectivity index (χ2n) is 5.37. The lowest BCUT2D eigenvalue weighted by molar-refractivity contribution is -0.0765. The van der Waals surface area contributed by atoms with Gasteiger partial charge in [0.2, 0.25) is 0 Å². The van der Waals surface area contributed by atoms with Crippen LogP contribution >= 0.6 is 11.6 Å². The maximum atomic E-state index is 12.8. The summed E-state index contributed by atoms with van der Waals surface area (Å²) in [5, 5.41) is 17.2. The molecule has 5 nitrogen and oxygen atoms in total. The molecule has 0 spiro atoms. The average Bonchev–Trinajstić information content (AvgIpc) is 2.93. The molecule has 0 unspecified atom stereocenters. The Morgan fingerprint density at radius 3 is 2.52 bits per heavy atom. The van der Waals surface area contributed by atoms with E-state index in [0.29, 0.717) is 22.6 Å². The molecule has 0 bridgehead atoms. The molecule has 2 heterocycles. The van der Waals surface area contributed by atoms with Crippen LogP contribution < -0.4 is 0 Å². The van der Waals surface area contributed by atoms with Gasteiger partial charge in [-0.15, -0.1) is 0 Å². The number of carbonyl (C=O) groups excluding carboxylic acids is 1. The van der Waals surface area contributed by atoms with E-state index < -0.39 is 5.72 Å². The molecule has 1 aromatic heterocycles. The highest BCUT2D eigenvalue weighted by atomic mass is 35.5. The summed E-state index contributed by atoms with van der Waals surface area (Å²) in [6.45, 7) is 1.95. The lowest BCUT2D eigenvalue weighted by atomic mass is 9.96. The summed E-state index contributed by atoms with van der Waals surface area (Å²) in [5.74, 6) is -0.367. The predicted octanol–water partition coefficient (Wildman–Crippen LogP) is 3.19. The number of rotatable bonds is 3. The Labute approximate surface area is 139 Å². The van der Waals surface area contributed by atoms with Gasteiger partial charge < -0.3 is 5.11 Å². The highest BCUT2D eigenvalue weighted by Crippen LogP contribution is 2.37. The minimum absolute atomic E-state index is 0.280. The van der Waals surface area contributed by atoms with Crippen LogP contribution in [0.1, 0.15) is 35.7 Å². The summed E-state index contributed by atoms with van der Waals surface area (Å²) >= 11 is 5.92. The molecule has 1 aromatic carbocycles. The molecule has 3 rings (SSSR count). The van der Waals surface area contributed by atoms with Crippen LogP contribution in [0, 0.1) is 0 Å². The van der Waals surface area contributed by atoms with Crippen molar-refractivity contribution in [2.45, 2.75) is 25.5 Å². The van der Waals surface area contributed by atoms with E-state index >= 15 is 0 Å². The van der Waals surface area contributed by atoms with Gasteiger partial charge in [0.1, 0.15) is 0 Å². The number of pyridine rings is 1. The second kappa shape index (κ2) is 6.10. The van der Waals surface area contributed by atoms with Crippen molar-refractivity contribution in [2.75, 3.05) is 0 Å². The van der Waals surface area contributed by atoms with Crippen molar-refractivity contribution in [3.63, 3.8) is 0 Å². The van der Waals surface area contributed by atoms with Gasteiger partial charge in [-0.1, -0.05) is 30.7 Å². The molecule has 0 saturated carbocycles. The largest absolute Gasteiger partial charge is 0.365 e. The first-order chi connectivity index (χ1) is 11.0. The molecule has 1 aliphatic heterocycles. The monoisotopic (exact) mass is 329 g/mol. The van der Waals surface area contributed by atoms with Gasteiger partial charge in [0.05, 0.1) is 0 Å². The molecule has 1 amide bonds. The summed E-state index contributed by atoms with van der Waals surface area (Å²) in [4.78, 5) is 16.7. The van der Waals surface area contributed by atoms with Crippen LogP contribution in [0.5, 0.6) is 0 Å². The van der Waals surface area contributed by atoms with Crippen LogP contribution in [0.25, 0.3) is 0 Å². The highest BCUT2D eigenvalue weighted by molar-refractivity contribution is 6.30. The summed E-state index contributed by atoms with van der Waals surface area (Å²) in [6, 6.07) is 10.0. The van der Waals surface area contributed by atoms with E-state index in [2.05, 4.69) is 10.1 Å². The molecule has 118 valence electrons. The third-order valence-electron chi connectivity index (χ3n) is 3.88. The number of hydrogen-bond donors (Lipinski definition) is 1. The van der Waals surface area contributed by atoms with E-state index in [4.69, 9.17) is 11.6 Å². The number of benzene rings is 1. The van der Waals surface area contributed by atoms with Crippen molar-refractivity contribution in [2.24, 2.45) is 5.10 Å². The third-order valence-corrected chi connectivity index (χ3v) is 4.13. The third kappa shape index (κ3) is 2.85. The lowest BCUT2D eigenvalue weighted by Crippen LogP contribution is -2.43. The Balaban J connectivity index is 2.02. The topological polar surface area (TPSA) is 65.8 Å². The van der Waals surface area contributed by atoms with E-state index in [-0.39, 0.29) is 12.3 Å². The Hall–Kier alpha value is -2.24. The van der Waals surface area contributed by atoms with Crippen LogP contribution in [0.2, 0.25) is 5.02 Å². The molecule has 23 heavy (non-hydrogen) atoms. The first kappa shape index (κ1) is 15.6. The molecule has 1 aliphatic rings. The van der Waals surface area contributed by atoms with Gasteiger partial charge in [0, 0.05) is 40.7 Å². The Bertz CT molecular complexity index is 746. The second-order valence-corrected chi connectivity index (χ2v) is 5.81. The van der Waals surface area contributed by atoms with E-state index in [1.54, 1.807) is 36.4 Å². The zero-order valence-corrected chi connectivity index (χ0v) is 13.4. The molecule has 0 radical (unpaired) electrons. The average molecular weight is 330 g/mol. The Morgan fingerprint density at radius 1 is 1.26 bits per heavy atom. The smallest absolute Gasteiger partial charge is 0.277 e. The van der Waals surface area contributed by atoms with Crippen LogP contribution in [0.3, 0.4) is 0 Å². The van der Waals surface area contributed by atoms with Gasteiger partial charge >= 0.3 is 0 Å². The molecular weight excluding hydrogens is 314 g/mol. The zero-order valence-electron chi connectivity index (χ0n) is 12.6. The zero-order chi connectivity index (χ0) is 16.4. The number of halogens is 1. The van der Waals surface area contributed by atoms with E-state index in [0.717, 1.165) is 10.7 Å². The predicted molar refractivity (Wildman–Crippen MR) is 88.1 cm³/mol. The van der Waals surface area contributed by atoms with E-state index in [9.17, 15) is 9.90 Å². The maximum Gasteiger partial charge on any atom is 0.277 e. The van der Waals surface area contributed by atoms with Gasteiger partial charge in [0.25, 0.3) is 5.91 Å². The minimum Gasteiger partial charge on any atom is -0.365 e. The number of amides is 1. The van der Waals surface area contributed by atoms with Crippen molar-refractivity contribution < 1.29 is 9.90 Å². The van der Waals surface area contributed by atoms with Crippen molar-refractivity contribution in [1.82, 2.24) is 9.99 Å². The molecule has 1 N–H and O–H groups in total. The van der Waals surface area contributed by atoms with Gasteiger partial charge in [-0.3, -0.25) is 9.78 Å². The first-order valence-electron chi connectivity index (χ1n) is 7.34. The fourth-order valence-corrected chi connectivity index (χ4v) is 2.71. The quantitative estimate of drug-likeness (QED) is 0.940. The van der Waals surface area contributed by atoms with Gasteiger partial charge in [-0.05, 0) is 30.7 Å². The number of nitrogens with zero attached hydrogens (tertiary/aromatic N) is 3. The molecule has 0 fully saturated rings. The Kier molecular flexibility index (Phi) is 4.15. The summed E-state index contributed by atoms with van der Waals surface area (Å²) in [7, 11) is 0. The minimum atomic E-state index is -1.50. The van der Waals surface area contributed by atoms with Crippen molar-refractivity contribution >= 4 is 23.2 Å². The number of hydrazone groups is 1. The first-order valence-corrected chi connectivity index (χ1v) is 7.72. The van der Waals surface area contributed by atoms with Crippen LogP contribution in [0.4, 0.5) is 0 Å². The highest BCUT2D eigenvalue weighted by Gasteiger charge is 2.45. The van der Waals surface area contributed by atoms with Crippen LogP contribution in [-0.4, -0.2) is 26.7 Å². The van der Waals surface area contributed by atoms with Crippen LogP contribution in [0.15, 0.2) is 53.9 Å². The molecule has 0 aliphatic carbocycles. The number of carbonyl (C=O) groups is 1. The SMILES string of the molecule is CCC1=NN(C(=O)c2ccncc2)[C@](O)(c2ccc(Cl)cc2)C1. The molecule has 2 aromatic rings. The molecule has 0 saturated heterocycles. The standard InChI is InChI=1S/C17H16ClN3O2/c1-2-15-11-17(23,13-3-5-14(18)6-4-13)21(20-15)16(22)12-7-9-19-10-8-12/h3-10,23H,2,11H2,1H3/t17-/m1/s1. The molecule has 6 heteroatoms. The lowest BCUT2D eigenvalue weighted by Gasteiger charge is -2.31. The normalized spacial score (nSPS) is 20.5. The number of aromatic nitrogens is 1. The van der Waals surface area contributed by atoms with Gasteiger partial charge in [0.15, 0.2) is 5.72 Å². The Morgan fingerprint density at radius 2 is 1.91 bits per heavy atom. The fourth-order valence-electron chi connectivity index (χ4n) is 2.59. The van der Waals surface area contributed by atoms with E-state index in [1.165, 1.54) is 12.4 Å². The van der Waals surface area contributed by atoms with Crippen molar-refractivity contribution in [1.29, 1.82) is 0 Å². The van der Waals surface area contributed by atoms with Crippen molar-refractivity contribution in [3.05, 3.63) is 64.9 Å². The fraction of sp³-hybridized carbons (Fsp3) is 0.235. The number of aliphatic hydroxyl groups is 1. The van der Waals surface area contributed by atoms with Gasteiger partial charge in [-0.25, -0.2) is 0 Å². The van der Waals surface area contributed by atoms with Crippen LogP contribution in [-0.2, 0) is 5.72 Å². The van der Waals surface area contributed by atoms with Crippen molar-refractivity contribution in [3.8, 4) is 0 Å². The maximum absolute atomic E-state index is 12.8. The molecular formula is C17H16ClN3O2.